The molecule has 5 rings (SSSR count). The summed E-state index contributed by atoms with van der Waals surface area (Å²) in [5.74, 6) is 0.357. The van der Waals surface area contributed by atoms with Gasteiger partial charge in [0.15, 0.2) is 4.34 Å². The van der Waals surface area contributed by atoms with Crippen LogP contribution in [0.25, 0.3) is 0 Å². The first-order valence-electron chi connectivity index (χ1n) is 13.4. The first kappa shape index (κ1) is 27.3. The lowest BCUT2D eigenvalue weighted by molar-refractivity contribution is -0.138. The van der Waals surface area contributed by atoms with Crippen molar-refractivity contribution in [2.75, 3.05) is 35.6 Å². The van der Waals surface area contributed by atoms with Crippen LogP contribution in [0.3, 0.4) is 0 Å². The fraction of sp³-hybridized carbons (Fsp3) is 0.414. The van der Waals surface area contributed by atoms with Gasteiger partial charge in [-0.15, -0.1) is 10.2 Å². The van der Waals surface area contributed by atoms with E-state index in [1.54, 1.807) is 16.7 Å². The van der Waals surface area contributed by atoms with Gasteiger partial charge in [-0.1, -0.05) is 71.1 Å². The number of benzene rings is 2. The molecular weight excluding hydrogens is 530 g/mol. The van der Waals surface area contributed by atoms with Crippen molar-refractivity contribution in [1.82, 2.24) is 15.1 Å². The lowest BCUT2D eigenvalue weighted by Crippen LogP contribution is -2.44. The van der Waals surface area contributed by atoms with Crippen LogP contribution in [0.2, 0.25) is 0 Å². The van der Waals surface area contributed by atoms with E-state index < -0.39 is 0 Å². The van der Waals surface area contributed by atoms with Crippen LogP contribution in [-0.2, 0) is 20.8 Å². The van der Waals surface area contributed by atoms with E-state index in [4.69, 9.17) is 0 Å². The number of likely N-dealkylation sites (tertiary alicyclic amines) is 1. The number of amides is 3. The number of anilines is 2. The van der Waals surface area contributed by atoms with Crippen LogP contribution < -0.4 is 10.2 Å². The van der Waals surface area contributed by atoms with Gasteiger partial charge < -0.3 is 15.1 Å². The highest BCUT2D eigenvalue weighted by Gasteiger charge is 2.38. The molecule has 2 saturated heterocycles. The minimum absolute atomic E-state index is 0.00914. The van der Waals surface area contributed by atoms with E-state index in [1.165, 1.54) is 16.9 Å². The van der Waals surface area contributed by atoms with Crippen molar-refractivity contribution in [2.24, 2.45) is 11.8 Å². The molecule has 0 aliphatic carbocycles. The van der Waals surface area contributed by atoms with Gasteiger partial charge in [0.05, 0.1) is 5.92 Å². The number of hydrogen-bond donors (Lipinski definition) is 1. The van der Waals surface area contributed by atoms with Crippen LogP contribution in [0, 0.1) is 18.8 Å². The number of aromatic nitrogens is 2. The van der Waals surface area contributed by atoms with Crippen LogP contribution in [0.15, 0.2) is 58.9 Å². The Bertz CT molecular complexity index is 1290. The van der Waals surface area contributed by atoms with E-state index >= 15 is 0 Å². The molecule has 1 N–H and O–H groups in total. The summed E-state index contributed by atoms with van der Waals surface area (Å²) in [4.78, 5) is 42.1. The number of aryl methyl sites for hydroxylation is 2. The molecule has 2 aromatic carbocycles. The first-order valence-corrected chi connectivity index (χ1v) is 15.2. The van der Waals surface area contributed by atoms with Crippen molar-refractivity contribution in [3.63, 3.8) is 0 Å². The van der Waals surface area contributed by atoms with Crippen LogP contribution in [0.5, 0.6) is 0 Å². The Hall–Kier alpha value is -3.24. The van der Waals surface area contributed by atoms with Crippen LogP contribution in [0.1, 0.15) is 36.8 Å². The molecule has 8 nitrogen and oxygen atoms in total. The third-order valence-electron chi connectivity index (χ3n) is 7.31. The summed E-state index contributed by atoms with van der Waals surface area (Å²) < 4.78 is 0.851. The van der Waals surface area contributed by atoms with Crippen molar-refractivity contribution in [3.05, 3.63) is 65.7 Å². The molecule has 0 bridgehead atoms. The van der Waals surface area contributed by atoms with Crippen molar-refractivity contribution < 1.29 is 14.4 Å². The highest BCUT2D eigenvalue weighted by molar-refractivity contribution is 8.01. The molecule has 2 aliphatic heterocycles. The minimum Gasteiger partial charge on any atom is -0.342 e. The van der Waals surface area contributed by atoms with E-state index in [2.05, 4.69) is 39.8 Å². The zero-order valence-corrected chi connectivity index (χ0v) is 23.7. The smallest absolute Gasteiger partial charge is 0.229 e. The highest BCUT2D eigenvalue weighted by Crippen LogP contribution is 2.30. The maximum absolute atomic E-state index is 13.2. The summed E-state index contributed by atoms with van der Waals surface area (Å²) in [5.41, 5.74) is 3.30. The van der Waals surface area contributed by atoms with Crippen LogP contribution in [0.4, 0.5) is 10.8 Å². The topological polar surface area (TPSA) is 95.5 Å². The molecule has 3 aromatic rings. The Kier molecular flexibility index (Phi) is 8.93. The quantitative estimate of drug-likeness (QED) is 0.228. The molecule has 3 heterocycles. The Morgan fingerprint density at radius 2 is 1.77 bits per heavy atom. The fourth-order valence-electron chi connectivity index (χ4n) is 5.07. The molecular formula is C29H33N5O3S2. The van der Waals surface area contributed by atoms with Crippen molar-refractivity contribution in [1.29, 1.82) is 0 Å². The van der Waals surface area contributed by atoms with Gasteiger partial charge >= 0.3 is 0 Å². The molecule has 204 valence electrons. The predicted molar refractivity (Wildman–Crippen MR) is 155 cm³/mol. The van der Waals surface area contributed by atoms with Gasteiger partial charge in [-0.2, -0.15) is 0 Å². The second-order valence-corrected chi connectivity index (χ2v) is 12.5. The summed E-state index contributed by atoms with van der Waals surface area (Å²) >= 11 is 3.06. The maximum Gasteiger partial charge on any atom is 0.229 e. The number of carbonyl (C=O) groups excluding carboxylic acids is 3. The second kappa shape index (κ2) is 12.7. The Morgan fingerprint density at radius 3 is 2.51 bits per heavy atom. The van der Waals surface area contributed by atoms with E-state index in [9.17, 15) is 14.4 Å². The molecule has 2 aliphatic rings. The van der Waals surface area contributed by atoms with E-state index in [-0.39, 0.29) is 36.0 Å². The third kappa shape index (κ3) is 7.05. The molecule has 0 spiro atoms. The third-order valence-corrected chi connectivity index (χ3v) is 9.37. The maximum atomic E-state index is 13.2. The summed E-state index contributed by atoms with van der Waals surface area (Å²) in [5, 5.41) is 11.8. The summed E-state index contributed by atoms with van der Waals surface area (Å²) in [6, 6.07) is 18.2. The molecule has 10 heteroatoms. The van der Waals surface area contributed by atoms with Crippen molar-refractivity contribution in [3.8, 4) is 0 Å². The zero-order chi connectivity index (χ0) is 27.2. The van der Waals surface area contributed by atoms with Gasteiger partial charge in [0.1, 0.15) is 0 Å². The lowest BCUT2D eigenvalue weighted by atomic mass is 9.94. The van der Waals surface area contributed by atoms with E-state index in [0.717, 1.165) is 34.2 Å². The Morgan fingerprint density at radius 1 is 1.03 bits per heavy atom. The molecule has 1 aromatic heterocycles. The number of hydrogen-bond acceptors (Lipinski definition) is 7. The lowest BCUT2D eigenvalue weighted by Gasteiger charge is -2.32. The predicted octanol–water partition coefficient (Wildman–Crippen LogP) is 4.80. The number of thioether (sulfide) groups is 1. The molecule has 3 amide bonds. The minimum atomic E-state index is -0.339. The van der Waals surface area contributed by atoms with E-state index in [1.807, 2.05) is 42.2 Å². The number of carbonyl (C=O) groups is 3. The van der Waals surface area contributed by atoms with Crippen LogP contribution >= 0.6 is 23.1 Å². The number of rotatable bonds is 9. The molecule has 0 radical (unpaired) electrons. The van der Waals surface area contributed by atoms with Gasteiger partial charge in [0.2, 0.25) is 22.9 Å². The molecule has 0 saturated carbocycles. The number of piperidine rings is 1. The van der Waals surface area contributed by atoms with Gasteiger partial charge in [-0.3, -0.25) is 14.4 Å². The number of nitrogens with zero attached hydrogens (tertiary/aromatic N) is 4. The SMILES string of the molecule is Cc1ccc(N2CC(C(=O)N3CCC(C(=O)Nc4nnc(SCCCc5ccccc5)s4)CC3)CC2=O)cc1. The van der Waals surface area contributed by atoms with Crippen LogP contribution in [-0.4, -0.2) is 58.2 Å². The largest absolute Gasteiger partial charge is 0.342 e. The van der Waals surface area contributed by atoms with Gasteiger partial charge in [-0.05, 0) is 50.3 Å². The van der Waals surface area contributed by atoms with Gasteiger partial charge in [-0.25, -0.2) is 0 Å². The molecule has 1 unspecified atom stereocenters. The monoisotopic (exact) mass is 563 g/mol. The van der Waals surface area contributed by atoms with Crippen molar-refractivity contribution >= 4 is 51.6 Å². The molecule has 1 atom stereocenters. The Labute approximate surface area is 237 Å². The summed E-state index contributed by atoms with van der Waals surface area (Å²) in [6.45, 7) is 3.45. The molecule has 39 heavy (non-hydrogen) atoms. The fourth-order valence-corrected chi connectivity index (χ4v) is 6.84. The Balaban J connectivity index is 1.04. The molecule has 2 fully saturated rings. The average Bonchev–Trinajstić information content (AvgIpc) is 3.58. The highest BCUT2D eigenvalue weighted by atomic mass is 32.2. The second-order valence-electron chi connectivity index (χ2n) is 10.1. The van der Waals surface area contributed by atoms with Gasteiger partial charge in [0.25, 0.3) is 0 Å². The standard InChI is InChI=1S/C29H33N5O3S2/c1-20-9-11-24(12-10-20)34-19-23(18-25(34)35)27(37)33-15-13-22(14-16-33)26(36)30-28-31-32-29(39-28)38-17-5-8-21-6-3-2-4-7-21/h2-4,6-7,9-12,22-23H,5,8,13-19H2,1H3,(H,30,31,36). The first-order chi connectivity index (χ1) is 19.0. The van der Waals surface area contributed by atoms with Crippen molar-refractivity contribution in [2.45, 2.75) is 43.4 Å². The number of nitrogens with one attached hydrogen (secondary N) is 1. The normalized spacial score (nSPS) is 18.0. The summed E-state index contributed by atoms with van der Waals surface area (Å²) in [7, 11) is 0. The van der Waals surface area contributed by atoms with E-state index in [0.29, 0.717) is 37.6 Å². The summed E-state index contributed by atoms with van der Waals surface area (Å²) in [6.07, 6.45) is 3.50. The zero-order valence-electron chi connectivity index (χ0n) is 22.0. The van der Waals surface area contributed by atoms with Gasteiger partial charge in [0, 0.05) is 43.4 Å². The average molecular weight is 564 g/mol.